The van der Waals surface area contributed by atoms with Gasteiger partial charge >= 0.3 is 51.4 Å². The minimum Gasteiger partial charge on any atom is -0.416 e. The fourth-order valence-corrected chi connectivity index (χ4v) is 31.6. The third-order valence-electron chi connectivity index (χ3n) is 6.99. The first-order valence-corrected chi connectivity index (χ1v) is 26.7. The first kappa shape index (κ1) is 32.0. The normalized spacial score (nSPS) is 29.5. The Bertz CT molecular complexity index is 515. The second kappa shape index (κ2) is 12.5. The molecule has 33 heavy (non-hydrogen) atoms. The minimum atomic E-state index is -2.54. The van der Waals surface area contributed by atoms with Crippen LogP contribution in [0.4, 0.5) is 0 Å². The molecule has 198 valence electrons. The molecule has 0 bridgehead atoms. The Kier molecular flexibility index (Phi) is 12.1. The summed E-state index contributed by atoms with van der Waals surface area (Å²) >= 11 is 0. The van der Waals surface area contributed by atoms with Crippen LogP contribution >= 0.6 is 0 Å². The van der Waals surface area contributed by atoms with E-state index >= 15 is 0 Å². The van der Waals surface area contributed by atoms with E-state index in [9.17, 15) is 0 Å². The molecule has 0 aromatic heterocycles. The first-order chi connectivity index (χ1) is 15.1. The lowest BCUT2D eigenvalue weighted by atomic mass is 10.9. The summed E-state index contributed by atoms with van der Waals surface area (Å²) in [6.45, 7) is 12.8. The smallest absolute Gasteiger partial charge is 0.334 e. The standard InChI is InChI=1S/C18H48O9Si6/c1-19-28(7,20-2)13-16-31(10)25-32(11,17-14-29(8,21-3)22-4)27-33(12,26-31)18-15-30(9,23-5)24-6/h13-18H2,1-12H3. The average molecular weight is 577 g/mol. The van der Waals surface area contributed by atoms with Crippen LogP contribution in [0.3, 0.4) is 0 Å². The number of hydrogen-bond donors (Lipinski definition) is 0. The maximum absolute atomic E-state index is 6.85. The largest absolute Gasteiger partial charge is 0.416 e. The van der Waals surface area contributed by atoms with Crippen LogP contribution in [0.5, 0.6) is 0 Å². The zero-order chi connectivity index (χ0) is 25.6. The number of hydrogen-bond acceptors (Lipinski definition) is 9. The van der Waals surface area contributed by atoms with Gasteiger partial charge in [-0.25, -0.2) is 0 Å². The molecular weight excluding hydrogens is 529 g/mol. The van der Waals surface area contributed by atoms with E-state index in [0.717, 1.165) is 36.3 Å². The van der Waals surface area contributed by atoms with Crippen molar-refractivity contribution in [2.24, 2.45) is 0 Å². The van der Waals surface area contributed by atoms with Gasteiger partial charge < -0.3 is 38.9 Å². The van der Waals surface area contributed by atoms with Gasteiger partial charge in [0.15, 0.2) is 0 Å². The van der Waals surface area contributed by atoms with Gasteiger partial charge in [-0.05, 0) is 75.5 Å². The monoisotopic (exact) mass is 576 g/mol. The van der Waals surface area contributed by atoms with Crippen molar-refractivity contribution in [2.75, 3.05) is 42.7 Å². The quantitative estimate of drug-likeness (QED) is 0.264. The summed E-state index contributed by atoms with van der Waals surface area (Å²) in [6, 6.07) is 4.92. The summed E-state index contributed by atoms with van der Waals surface area (Å²) in [5.74, 6) is 0. The van der Waals surface area contributed by atoms with Gasteiger partial charge in [0, 0.05) is 42.7 Å². The van der Waals surface area contributed by atoms with Crippen LogP contribution in [-0.4, -0.2) is 94.0 Å². The molecule has 15 heteroatoms. The van der Waals surface area contributed by atoms with E-state index < -0.39 is 51.4 Å². The van der Waals surface area contributed by atoms with Crippen molar-refractivity contribution in [1.29, 1.82) is 0 Å². The summed E-state index contributed by atoms with van der Waals surface area (Å²) in [7, 11) is -3.99. The molecule has 0 aromatic carbocycles. The lowest BCUT2D eigenvalue weighted by Crippen LogP contribution is -2.68. The predicted molar refractivity (Wildman–Crippen MR) is 144 cm³/mol. The van der Waals surface area contributed by atoms with Gasteiger partial charge in [0.25, 0.3) is 0 Å². The van der Waals surface area contributed by atoms with Gasteiger partial charge in [-0.15, -0.1) is 0 Å². The van der Waals surface area contributed by atoms with E-state index in [0.29, 0.717) is 0 Å². The van der Waals surface area contributed by atoms with E-state index in [1.54, 1.807) is 42.7 Å². The van der Waals surface area contributed by atoms with Crippen LogP contribution in [0.15, 0.2) is 0 Å². The summed E-state index contributed by atoms with van der Waals surface area (Å²) in [5, 5.41) is 0. The van der Waals surface area contributed by atoms with E-state index in [4.69, 9.17) is 38.9 Å². The van der Waals surface area contributed by atoms with Gasteiger partial charge in [-0.3, -0.25) is 0 Å². The van der Waals surface area contributed by atoms with Crippen LogP contribution in [0.1, 0.15) is 0 Å². The second-order valence-corrected chi connectivity index (χ2v) is 31.3. The van der Waals surface area contributed by atoms with Gasteiger partial charge in [0.05, 0.1) is 0 Å². The molecule has 0 unspecified atom stereocenters. The van der Waals surface area contributed by atoms with Crippen molar-refractivity contribution in [2.45, 2.75) is 75.5 Å². The fraction of sp³-hybridized carbons (Fsp3) is 1.00. The minimum absolute atomic E-state index is 0.818. The molecule has 0 radical (unpaired) electrons. The predicted octanol–water partition coefficient (Wildman–Crippen LogP) is 4.36. The van der Waals surface area contributed by atoms with Crippen molar-refractivity contribution in [3.8, 4) is 0 Å². The van der Waals surface area contributed by atoms with Gasteiger partial charge in [-0.1, -0.05) is 0 Å². The van der Waals surface area contributed by atoms with Crippen LogP contribution in [0, 0.1) is 0 Å². The molecule has 0 saturated carbocycles. The SMILES string of the molecule is CO[Si](C)(CC[Si]1(C)O[Si](C)(CC[Si](C)(OC)OC)O[Si](C)(CC[Si](C)(OC)OC)O1)OC. The maximum atomic E-state index is 6.85. The molecule has 9 nitrogen and oxygen atoms in total. The summed E-state index contributed by atoms with van der Waals surface area (Å²) in [6.07, 6.45) is 0. The van der Waals surface area contributed by atoms with Gasteiger partial charge in [0.2, 0.25) is 0 Å². The zero-order valence-corrected chi connectivity index (χ0v) is 28.9. The van der Waals surface area contributed by atoms with Crippen molar-refractivity contribution < 1.29 is 38.9 Å². The van der Waals surface area contributed by atoms with Crippen molar-refractivity contribution in [3.63, 3.8) is 0 Å². The lowest BCUT2D eigenvalue weighted by molar-refractivity contribution is 0.213. The van der Waals surface area contributed by atoms with Gasteiger partial charge in [-0.2, -0.15) is 0 Å². The molecule has 1 aliphatic heterocycles. The average Bonchev–Trinajstić information content (AvgIpc) is 2.79. The molecule has 1 rings (SSSR count). The van der Waals surface area contributed by atoms with E-state index in [1.165, 1.54) is 0 Å². The van der Waals surface area contributed by atoms with E-state index in [1.807, 2.05) is 0 Å². The van der Waals surface area contributed by atoms with Crippen molar-refractivity contribution in [1.82, 2.24) is 0 Å². The second-order valence-electron chi connectivity index (χ2n) is 9.83. The van der Waals surface area contributed by atoms with Crippen LogP contribution < -0.4 is 0 Å². The Morgan fingerprint density at radius 3 is 0.788 bits per heavy atom. The topological polar surface area (TPSA) is 83.1 Å². The number of rotatable bonds is 15. The van der Waals surface area contributed by atoms with E-state index in [2.05, 4.69) is 39.3 Å². The zero-order valence-electron chi connectivity index (χ0n) is 22.9. The molecule has 0 aliphatic carbocycles. The molecule has 0 aromatic rings. The van der Waals surface area contributed by atoms with Crippen LogP contribution in [0.2, 0.25) is 75.5 Å². The van der Waals surface area contributed by atoms with Crippen molar-refractivity contribution in [3.05, 3.63) is 0 Å². The molecule has 0 atom stereocenters. The van der Waals surface area contributed by atoms with Crippen molar-refractivity contribution >= 4 is 51.4 Å². The molecule has 1 aliphatic rings. The molecule has 1 heterocycles. The highest BCUT2D eigenvalue weighted by atomic mass is 28.5. The Labute approximate surface area is 208 Å². The summed E-state index contributed by atoms with van der Waals surface area (Å²) in [5.41, 5.74) is 0. The summed E-state index contributed by atoms with van der Waals surface area (Å²) < 4.78 is 55.0. The third kappa shape index (κ3) is 9.39. The highest BCUT2D eigenvalue weighted by Gasteiger charge is 2.58. The lowest BCUT2D eigenvalue weighted by Gasteiger charge is -2.51. The first-order valence-electron chi connectivity index (χ1n) is 11.5. The molecule has 0 amide bonds. The molecule has 0 spiro atoms. The fourth-order valence-electron chi connectivity index (χ4n) is 3.96. The van der Waals surface area contributed by atoms with Crippen LogP contribution in [0.25, 0.3) is 0 Å². The van der Waals surface area contributed by atoms with Gasteiger partial charge in [0.1, 0.15) is 0 Å². The summed E-state index contributed by atoms with van der Waals surface area (Å²) in [4.78, 5) is 0. The molecule has 1 fully saturated rings. The maximum Gasteiger partial charge on any atom is 0.334 e. The Hall–Kier alpha value is 0.941. The Morgan fingerprint density at radius 1 is 0.455 bits per heavy atom. The Balaban J connectivity index is 3.16. The Morgan fingerprint density at radius 2 is 0.636 bits per heavy atom. The third-order valence-corrected chi connectivity index (χ3v) is 31.0. The molecule has 0 N–H and O–H groups in total. The molecular formula is C18H48O9Si6. The molecule has 1 saturated heterocycles. The van der Waals surface area contributed by atoms with E-state index in [-0.39, 0.29) is 0 Å². The highest BCUT2D eigenvalue weighted by molar-refractivity contribution is 6.94. The van der Waals surface area contributed by atoms with Crippen LogP contribution in [-0.2, 0) is 38.9 Å². The highest BCUT2D eigenvalue weighted by Crippen LogP contribution is 2.41.